The number of nitrogens with one attached hydrogen (secondary N) is 2. The number of carbonyl (C=O) groups excluding carboxylic acids is 1. The van der Waals surface area contributed by atoms with Crippen LogP contribution >= 0.6 is 12.4 Å². The number of halogens is 1. The number of rotatable bonds is 7. The third kappa shape index (κ3) is 8.05. The predicted molar refractivity (Wildman–Crippen MR) is 89.0 cm³/mol. The van der Waals surface area contributed by atoms with Crippen molar-refractivity contribution in [1.82, 2.24) is 10.6 Å². The van der Waals surface area contributed by atoms with Crippen molar-refractivity contribution in [3.63, 3.8) is 0 Å². The lowest BCUT2D eigenvalue weighted by atomic mass is 9.87. The lowest BCUT2D eigenvalue weighted by molar-refractivity contribution is -0.120. The SMILES string of the molecule is COCCNCC(=O)NCc1ccc(C(C)(C)C)cc1.Cl. The number of hydrogen-bond donors (Lipinski definition) is 2. The van der Waals surface area contributed by atoms with Crippen molar-refractivity contribution >= 4 is 18.3 Å². The third-order valence-electron chi connectivity index (χ3n) is 3.08. The van der Waals surface area contributed by atoms with Crippen molar-refractivity contribution in [3.05, 3.63) is 35.4 Å². The lowest BCUT2D eigenvalue weighted by Crippen LogP contribution is -2.34. The molecule has 0 aromatic heterocycles. The maximum Gasteiger partial charge on any atom is 0.234 e. The zero-order chi connectivity index (χ0) is 15.0. The molecule has 0 aliphatic heterocycles. The Morgan fingerprint density at radius 2 is 1.81 bits per heavy atom. The van der Waals surface area contributed by atoms with E-state index in [1.54, 1.807) is 7.11 Å². The van der Waals surface area contributed by atoms with Crippen LogP contribution in [0.15, 0.2) is 24.3 Å². The van der Waals surface area contributed by atoms with E-state index in [1.165, 1.54) is 5.56 Å². The predicted octanol–water partition coefficient (Wildman–Crippen LogP) is 2.26. The van der Waals surface area contributed by atoms with E-state index in [0.717, 1.165) is 5.56 Å². The Bertz CT molecular complexity index is 413. The highest BCUT2D eigenvalue weighted by molar-refractivity contribution is 5.85. The molecule has 5 heteroatoms. The van der Waals surface area contributed by atoms with Gasteiger partial charge in [-0.25, -0.2) is 0 Å². The molecular weight excluding hydrogens is 288 g/mol. The molecule has 0 spiro atoms. The van der Waals surface area contributed by atoms with Gasteiger partial charge in [-0.3, -0.25) is 4.79 Å². The Morgan fingerprint density at radius 1 is 1.19 bits per heavy atom. The molecule has 0 aliphatic carbocycles. The van der Waals surface area contributed by atoms with E-state index in [9.17, 15) is 4.79 Å². The molecule has 21 heavy (non-hydrogen) atoms. The van der Waals surface area contributed by atoms with Crippen molar-refractivity contribution in [2.45, 2.75) is 32.7 Å². The van der Waals surface area contributed by atoms with Crippen LogP contribution < -0.4 is 10.6 Å². The monoisotopic (exact) mass is 314 g/mol. The Kier molecular flexibility index (Phi) is 9.26. The summed E-state index contributed by atoms with van der Waals surface area (Å²) in [6.45, 7) is 8.75. The summed E-state index contributed by atoms with van der Waals surface area (Å²) in [5.74, 6) is 0.000927. The van der Waals surface area contributed by atoms with Crippen LogP contribution in [0.3, 0.4) is 0 Å². The second kappa shape index (κ2) is 9.77. The molecule has 0 saturated carbocycles. The summed E-state index contributed by atoms with van der Waals surface area (Å²) < 4.78 is 4.90. The van der Waals surface area contributed by atoms with Crippen molar-refractivity contribution in [1.29, 1.82) is 0 Å². The van der Waals surface area contributed by atoms with Gasteiger partial charge in [-0.1, -0.05) is 45.0 Å². The van der Waals surface area contributed by atoms with Crippen LogP contribution in [0.4, 0.5) is 0 Å². The van der Waals surface area contributed by atoms with Gasteiger partial charge in [0.15, 0.2) is 0 Å². The first-order valence-corrected chi connectivity index (χ1v) is 6.99. The first kappa shape index (κ1) is 19.9. The summed E-state index contributed by atoms with van der Waals surface area (Å²) in [6.07, 6.45) is 0. The molecule has 0 fully saturated rings. The molecule has 0 atom stereocenters. The molecule has 120 valence electrons. The Balaban J connectivity index is 0.00000400. The summed E-state index contributed by atoms with van der Waals surface area (Å²) in [5, 5.41) is 5.91. The summed E-state index contributed by atoms with van der Waals surface area (Å²) in [7, 11) is 1.64. The Hall–Kier alpha value is -1.10. The molecule has 4 nitrogen and oxygen atoms in total. The number of carbonyl (C=O) groups is 1. The topological polar surface area (TPSA) is 50.4 Å². The van der Waals surface area contributed by atoms with Gasteiger partial charge in [0.25, 0.3) is 0 Å². The Labute approximate surface area is 134 Å². The van der Waals surface area contributed by atoms with Crippen LogP contribution in [0.2, 0.25) is 0 Å². The first-order chi connectivity index (χ1) is 9.43. The fourth-order valence-electron chi connectivity index (χ4n) is 1.76. The molecule has 0 unspecified atom stereocenters. The van der Waals surface area contributed by atoms with Crippen LogP contribution in [-0.2, 0) is 21.5 Å². The summed E-state index contributed by atoms with van der Waals surface area (Å²) in [4.78, 5) is 11.6. The molecule has 0 radical (unpaired) electrons. The van der Waals surface area contributed by atoms with Gasteiger partial charge in [0, 0.05) is 20.2 Å². The van der Waals surface area contributed by atoms with Crippen molar-refractivity contribution in [3.8, 4) is 0 Å². The molecule has 1 rings (SSSR count). The highest BCUT2D eigenvalue weighted by Gasteiger charge is 2.12. The van der Waals surface area contributed by atoms with Crippen LogP contribution in [-0.4, -0.2) is 32.7 Å². The van der Waals surface area contributed by atoms with E-state index in [0.29, 0.717) is 26.2 Å². The third-order valence-corrected chi connectivity index (χ3v) is 3.08. The fraction of sp³-hybridized carbons (Fsp3) is 0.562. The average Bonchev–Trinajstić information content (AvgIpc) is 2.41. The van der Waals surface area contributed by atoms with Gasteiger partial charge in [0.1, 0.15) is 0 Å². The second-order valence-electron chi connectivity index (χ2n) is 5.89. The van der Waals surface area contributed by atoms with Crippen LogP contribution in [0, 0.1) is 0 Å². The van der Waals surface area contributed by atoms with Crippen molar-refractivity contribution < 1.29 is 9.53 Å². The van der Waals surface area contributed by atoms with E-state index in [4.69, 9.17) is 4.74 Å². The second-order valence-corrected chi connectivity index (χ2v) is 5.89. The standard InChI is InChI=1S/C16H26N2O2.ClH/c1-16(2,3)14-7-5-13(6-8-14)11-18-15(19)12-17-9-10-20-4;/h5-8,17H,9-12H2,1-4H3,(H,18,19);1H. The average molecular weight is 315 g/mol. The quantitative estimate of drug-likeness (QED) is 0.759. The molecule has 1 aromatic carbocycles. The molecule has 0 aliphatic rings. The molecule has 1 aromatic rings. The van der Waals surface area contributed by atoms with Crippen LogP contribution in [0.5, 0.6) is 0 Å². The summed E-state index contributed by atoms with van der Waals surface area (Å²) >= 11 is 0. The van der Waals surface area contributed by atoms with E-state index in [2.05, 4.69) is 55.7 Å². The smallest absolute Gasteiger partial charge is 0.234 e. The molecule has 0 bridgehead atoms. The first-order valence-electron chi connectivity index (χ1n) is 6.99. The maximum absolute atomic E-state index is 11.6. The minimum atomic E-state index is 0. The molecule has 0 saturated heterocycles. The fourth-order valence-corrected chi connectivity index (χ4v) is 1.76. The van der Waals surface area contributed by atoms with Crippen molar-refractivity contribution in [2.75, 3.05) is 26.8 Å². The Morgan fingerprint density at radius 3 is 2.33 bits per heavy atom. The highest BCUT2D eigenvalue weighted by Crippen LogP contribution is 2.21. The zero-order valence-electron chi connectivity index (χ0n) is 13.4. The highest BCUT2D eigenvalue weighted by atomic mass is 35.5. The summed E-state index contributed by atoms with van der Waals surface area (Å²) in [5.41, 5.74) is 2.57. The minimum absolute atomic E-state index is 0. The molecule has 1 amide bonds. The van der Waals surface area contributed by atoms with Crippen molar-refractivity contribution in [2.24, 2.45) is 0 Å². The van der Waals surface area contributed by atoms with Gasteiger partial charge in [-0.2, -0.15) is 0 Å². The molecule has 2 N–H and O–H groups in total. The number of amides is 1. The number of ether oxygens (including phenoxy) is 1. The van der Waals surface area contributed by atoms with Gasteiger partial charge in [0.2, 0.25) is 5.91 Å². The number of benzene rings is 1. The van der Waals surface area contributed by atoms with E-state index in [1.807, 2.05) is 0 Å². The van der Waals surface area contributed by atoms with Gasteiger partial charge >= 0.3 is 0 Å². The normalized spacial score (nSPS) is 10.9. The van der Waals surface area contributed by atoms with Crippen LogP contribution in [0.1, 0.15) is 31.9 Å². The lowest BCUT2D eigenvalue weighted by Gasteiger charge is -2.19. The molecule has 0 heterocycles. The summed E-state index contributed by atoms with van der Waals surface area (Å²) in [6, 6.07) is 8.38. The van der Waals surface area contributed by atoms with E-state index < -0.39 is 0 Å². The minimum Gasteiger partial charge on any atom is -0.383 e. The van der Waals surface area contributed by atoms with E-state index >= 15 is 0 Å². The van der Waals surface area contributed by atoms with Gasteiger partial charge in [-0.15, -0.1) is 12.4 Å². The van der Waals surface area contributed by atoms with E-state index in [-0.39, 0.29) is 23.7 Å². The number of methoxy groups -OCH3 is 1. The van der Waals surface area contributed by atoms with Gasteiger partial charge in [-0.05, 0) is 16.5 Å². The van der Waals surface area contributed by atoms with Gasteiger partial charge in [0.05, 0.1) is 13.2 Å². The van der Waals surface area contributed by atoms with Gasteiger partial charge < -0.3 is 15.4 Å². The largest absolute Gasteiger partial charge is 0.383 e. The zero-order valence-corrected chi connectivity index (χ0v) is 14.2. The molecular formula is C16H27ClN2O2. The maximum atomic E-state index is 11.6. The van der Waals surface area contributed by atoms with Crippen LogP contribution in [0.25, 0.3) is 0 Å². The number of hydrogen-bond acceptors (Lipinski definition) is 3.